The zero-order chi connectivity index (χ0) is 45.7. The summed E-state index contributed by atoms with van der Waals surface area (Å²) in [6.07, 6.45) is 27.3. The summed E-state index contributed by atoms with van der Waals surface area (Å²) in [6, 6.07) is 0. The van der Waals surface area contributed by atoms with Gasteiger partial charge < -0.3 is 16.0 Å². The van der Waals surface area contributed by atoms with Gasteiger partial charge in [-0.15, -0.1) is 0 Å². The van der Waals surface area contributed by atoms with Crippen molar-refractivity contribution in [3.8, 4) is 0 Å². The average Bonchev–Trinajstić information content (AvgIpc) is 3.77. The molecule has 0 aromatic rings. The van der Waals surface area contributed by atoms with Gasteiger partial charge in [-0.2, -0.15) is 0 Å². The topological polar surface area (TPSA) is 39.3 Å². The molecule has 0 aromatic heterocycles. The highest BCUT2D eigenvalue weighted by molar-refractivity contribution is 4.83. The molecule has 3 atom stereocenters. The Hall–Kier alpha value is -0.160. The van der Waals surface area contributed by atoms with Crippen LogP contribution in [0.15, 0.2) is 0 Å². The first kappa shape index (κ1) is 60.8. The van der Waals surface area contributed by atoms with Crippen LogP contribution in [0.5, 0.6) is 0 Å². The molecular weight excluding hydrogens is 741 g/mol. The minimum atomic E-state index is 0. The van der Waals surface area contributed by atoms with Crippen LogP contribution in [-0.4, -0.2) is 62.8 Å². The van der Waals surface area contributed by atoms with Gasteiger partial charge in [-0.25, -0.2) is 0 Å². The fourth-order valence-electron chi connectivity index (χ4n) is 10.4. The number of likely N-dealkylation sites (tertiary alicyclic amines) is 1. The Morgan fingerprint density at radius 3 is 0.934 bits per heavy atom. The molecule has 6 fully saturated rings. The molecule has 0 aromatic carbocycles. The van der Waals surface area contributed by atoms with E-state index in [2.05, 4.69) is 145 Å². The van der Waals surface area contributed by atoms with Crippen molar-refractivity contribution in [3.05, 3.63) is 0 Å². The van der Waals surface area contributed by atoms with Gasteiger partial charge >= 0.3 is 0 Å². The molecule has 0 radical (unpaired) electrons. The maximum atomic E-state index is 3.50. The third-order valence-corrected chi connectivity index (χ3v) is 15.6. The van der Waals surface area contributed by atoms with Gasteiger partial charge in [-0.05, 0) is 207 Å². The van der Waals surface area contributed by atoms with Crippen molar-refractivity contribution in [3.63, 3.8) is 0 Å². The number of nitrogens with one attached hydrogen (secondary N) is 3. The predicted octanol–water partition coefficient (Wildman–Crippen LogP) is 16.2. The van der Waals surface area contributed by atoms with Crippen LogP contribution in [0.4, 0.5) is 0 Å². The van der Waals surface area contributed by atoms with E-state index >= 15 is 0 Å². The van der Waals surface area contributed by atoms with E-state index in [4.69, 9.17) is 0 Å². The predicted molar refractivity (Wildman–Crippen MR) is 279 cm³/mol. The molecule has 0 spiro atoms. The van der Waals surface area contributed by atoms with Gasteiger partial charge in [0.25, 0.3) is 0 Å². The van der Waals surface area contributed by atoms with Crippen LogP contribution in [0.25, 0.3) is 0 Å². The molecule has 368 valence electrons. The Labute approximate surface area is 388 Å². The first-order valence-electron chi connectivity index (χ1n) is 26.5. The lowest BCUT2D eigenvalue weighted by molar-refractivity contribution is 0.175. The van der Waals surface area contributed by atoms with Crippen molar-refractivity contribution in [2.24, 2.45) is 56.7 Å². The van der Waals surface area contributed by atoms with Gasteiger partial charge in [0.05, 0.1) is 0 Å². The molecule has 3 unspecified atom stereocenters. The van der Waals surface area contributed by atoms with Crippen LogP contribution in [-0.2, 0) is 0 Å². The monoisotopic (exact) mass is 861 g/mol. The molecule has 4 nitrogen and oxygen atoms in total. The van der Waals surface area contributed by atoms with Crippen LogP contribution in [0, 0.1) is 56.7 Å². The normalized spacial score (nSPS) is 25.4. The summed E-state index contributed by atoms with van der Waals surface area (Å²) in [5.74, 6) is 4.71. The highest BCUT2D eigenvalue weighted by Crippen LogP contribution is 2.39. The van der Waals surface area contributed by atoms with Gasteiger partial charge in [0.15, 0.2) is 0 Å². The number of hydrogen-bond donors (Lipinski definition) is 3. The molecule has 4 heteroatoms. The van der Waals surface area contributed by atoms with Crippen LogP contribution in [0.1, 0.15) is 254 Å². The standard InChI is InChI=1S/2C10H21N.2C10H20.2C8H17N.CH4/c1-10(2,3)9-5-4-7-11-8-6-9;1-10(2,3)9-6-4-5-7-11-8-9;2*1-10(2,3)9-7-5-4-6-8-9;1-8(2,3)7-4-5-9-6-7;1-8(2,3)9-6-4-5-7-9;/h2*9,11H,4-8H2,1-3H3;2*9H,4-8H2,1-3H3;7,9H,4-6H2,1-3H3;4-7H2,1-3H3;1H4. The van der Waals surface area contributed by atoms with Crippen molar-refractivity contribution in [1.82, 2.24) is 20.9 Å². The Morgan fingerprint density at radius 1 is 0.295 bits per heavy atom. The summed E-state index contributed by atoms with van der Waals surface area (Å²) in [6.45, 7) is 52.2. The van der Waals surface area contributed by atoms with E-state index in [9.17, 15) is 0 Å². The summed E-state index contributed by atoms with van der Waals surface area (Å²) in [7, 11) is 0. The molecule has 4 saturated heterocycles. The second kappa shape index (κ2) is 29.5. The minimum Gasteiger partial charge on any atom is -0.317 e. The van der Waals surface area contributed by atoms with E-state index in [0.717, 1.165) is 29.6 Å². The van der Waals surface area contributed by atoms with Crippen LogP contribution in [0.2, 0.25) is 0 Å². The quantitative estimate of drug-likeness (QED) is 0.227. The zero-order valence-electron chi connectivity index (χ0n) is 44.9. The molecule has 61 heavy (non-hydrogen) atoms. The lowest BCUT2D eigenvalue weighted by Gasteiger charge is -2.33. The molecule has 2 saturated carbocycles. The molecule has 6 aliphatic rings. The summed E-state index contributed by atoms with van der Waals surface area (Å²) in [5.41, 5.74) is 3.09. The maximum Gasteiger partial charge on any atom is 0.0125 e. The molecule has 4 aliphatic heterocycles. The van der Waals surface area contributed by atoms with E-state index < -0.39 is 0 Å². The van der Waals surface area contributed by atoms with Crippen molar-refractivity contribution < 1.29 is 0 Å². The van der Waals surface area contributed by atoms with Crippen LogP contribution in [0.3, 0.4) is 0 Å². The second-order valence-corrected chi connectivity index (χ2v) is 26.8. The third kappa shape index (κ3) is 28.5. The van der Waals surface area contributed by atoms with Gasteiger partial charge in [0.1, 0.15) is 0 Å². The lowest BCUT2D eigenvalue weighted by Crippen LogP contribution is -2.38. The molecular formula is C57H120N4. The zero-order valence-corrected chi connectivity index (χ0v) is 44.9. The highest BCUT2D eigenvalue weighted by Gasteiger charge is 2.29. The van der Waals surface area contributed by atoms with Crippen molar-refractivity contribution in [1.29, 1.82) is 0 Å². The van der Waals surface area contributed by atoms with E-state index in [1.165, 1.54) is 174 Å². The summed E-state index contributed by atoms with van der Waals surface area (Å²) < 4.78 is 0. The van der Waals surface area contributed by atoms with Crippen molar-refractivity contribution in [2.75, 3.05) is 52.4 Å². The summed E-state index contributed by atoms with van der Waals surface area (Å²) >= 11 is 0. The first-order chi connectivity index (χ1) is 27.6. The second-order valence-electron chi connectivity index (χ2n) is 26.8. The summed E-state index contributed by atoms with van der Waals surface area (Å²) in [4.78, 5) is 2.55. The van der Waals surface area contributed by atoms with Gasteiger partial charge in [-0.1, -0.05) is 156 Å². The fraction of sp³-hybridized carbons (Fsp3) is 1.00. The minimum absolute atomic E-state index is 0. The maximum absolute atomic E-state index is 3.50. The molecule has 6 rings (SSSR count). The first-order valence-corrected chi connectivity index (χ1v) is 26.5. The van der Waals surface area contributed by atoms with Gasteiger partial charge in [0.2, 0.25) is 0 Å². The molecule has 0 bridgehead atoms. The Balaban J connectivity index is 0.000000707. The summed E-state index contributed by atoms with van der Waals surface area (Å²) in [5, 5.41) is 10.3. The van der Waals surface area contributed by atoms with Gasteiger partial charge in [-0.3, -0.25) is 4.90 Å². The molecule has 2 aliphatic carbocycles. The molecule has 3 N–H and O–H groups in total. The smallest absolute Gasteiger partial charge is 0.0125 e. The number of nitrogens with zero attached hydrogens (tertiary/aromatic N) is 1. The number of hydrogen-bond acceptors (Lipinski definition) is 4. The van der Waals surface area contributed by atoms with E-state index in [-0.39, 0.29) is 7.43 Å². The van der Waals surface area contributed by atoms with E-state index in [1.54, 1.807) is 0 Å². The Morgan fingerprint density at radius 2 is 0.590 bits per heavy atom. The Bertz CT molecular complexity index is 914. The van der Waals surface area contributed by atoms with Crippen LogP contribution >= 0.6 is 0 Å². The molecule has 4 heterocycles. The highest BCUT2D eigenvalue weighted by atomic mass is 15.2. The lowest BCUT2D eigenvalue weighted by atomic mass is 9.72. The average molecular weight is 862 g/mol. The van der Waals surface area contributed by atoms with Crippen LogP contribution < -0.4 is 16.0 Å². The molecule has 0 amide bonds. The SMILES string of the molecule is C.CC(C)(C)C1CCCCC1.CC(C)(C)C1CCCCC1.CC(C)(C)C1CCCCNC1.CC(C)(C)C1CCCNCC1.CC(C)(C)C1CCNC1.CC(C)(C)N1CCCC1. The largest absolute Gasteiger partial charge is 0.317 e. The van der Waals surface area contributed by atoms with Crippen molar-refractivity contribution in [2.45, 2.75) is 260 Å². The Kier molecular flexibility index (Phi) is 29.4. The third-order valence-electron chi connectivity index (χ3n) is 15.6. The van der Waals surface area contributed by atoms with Gasteiger partial charge in [0, 0.05) is 5.54 Å². The van der Waals surface area contributed by atoms with E-state index in [1.807, 2.05) is 0 Å². The fourth-order valence-corrected chi connectivity index (χ4v) is 10.4. The number of rotatable bonds is 0. The van der Waals surface area contributed by atoms with Crippen molar-refractivity contribution >= 4 is 0 Å². The van der Waals surface area contributed by atoms with E-state index in [0.29, 0.717) is 32.6 Å².